The van der Waals surface area contributed by atoms with Crippen molar-refractivity contribution in [2.75, 3.05) is 6.61 Å². The Kier molecular flexibility index (Phi) is 2.87. The Bertz CT molecular complexity index is 464. The van der Waals surface area contributed by atoms with Gasteiger partial charge in [-0.05, 0) is 25.7 Å². The second kappa shape index (κ2) is 4.28. The Morgan fingerprint density at radius 1 is 1.28 bits per heavy atom. The molecule has 3 rings (SSSR count). The van der Waals surface area contributed by atoms with Crippen molar-refractivity contribution < 1.29 is 4.74 Å². The second-order valence-corrected chi connectivity index (χ2v) is 5.80. The van der Waals surface area contributed by atoms with Gasteiger partial charge in [0.05, 0.1) is 11.4 Å². The van der Waals surface area contributed by atoms with E-state index in [1.54, 1.807) is 0 Å². The smallest absolute Gasteiger partial charge is 0.160 e. The fraction of sp³-hybridized carbons (Fsp3) is 0.714. The van der Waals surface area contributed by atoms with Gasteiger partial charge in [-0.1, -0.05) is 13.8 Å². The Labute approximate surface area is 108 Å². The minimum Gasteiger partial charge on any atom is -0.367 e. The summed E-state index contributed by atoms with van der Waals surface area (Å²) >= 11 is 0. The molecule has 4 nitrogen and oxygen atoms in total. The summed E-state index contributed by atoms with van der Waals surface area (Å²) in [7, 11) is 0. The molecule has 1 fully saturated rings. The number of nitrogens with one attached hydrogen (secondary N) is 1. The van der Waals surface area contributed by atoms with Crippen LogP contribution < -0.4 is 5.32 Å². The number of nitrogens with zero attached hydrogens (tertiary/aromatic N) is 2. The van der Waals surface area contributed by atoms with Gasteiger partial charge in [0.1, 0.15) is 5.60 Å². The van der Waals surface area contributed by atoms with E-state index in [1.165, 1.54) is 17.0 Å². The summed E-state index contributed by atoms with van der Waals surface area (Å²) in [6, 6.07) is 0. The third-order valence-electron chi connectivity index (χ3n) is 3.96. The van der Waals surface area contributed by atoms with Crippen LogP contribution in [0.25, 0.3) is 0 Å². The summed E-state index contributed by atoms with van der Waals surface area (Å²) in [6.45, 7) is 9.10. The van der Waals surface area contributed by atoms with Crippen molar-refractivity contribution in [3.8, 4) is 0 Å². The molecule has 0 spiro atoms. The Morgan fingerprint density at radius 3 is 2.78 bits per heavy atom. The van der Waals surface area contributed by atoms with E-state index in [-0.39, 0.29) is 5.60 Å². The van der Waals surface area contributed by atoms with E-state index in [9.17, 15) is 0 Å². The van der Waals surface area contributed by atoms with Crippen LogP contribution in [0.15, 0.2) is 0 Å². The van der Waals surface area contributed by atoms with E-state index in [0.29, 0.717) is 5.92 Å². The summed E-state index contributed by atoms with van der Waals surface area (Å²) < 4.78 is 5.88. The number of fused-ring (bicyclic) bond motifs is 1. The maximum atomic E-state index is 5.88. The Balaban J connectivity index is 2.09. The van der Waals surface area contributed by atoms with Crippen molar-refractivity contribution in [1.29, 1.82) is 0 Å². The van der Waals surface area contributed by atoms with Gasteiger partial charge in [0.15, 0.2) is 5.82 Å². The molecular weight excluding hydrogens is 226 g/mol. The zero-order valence-corrected chi connectivity index (χ0v) is 11.4. The highest BCUT2D eigenvalue weighted by Crippen LogP contribution is 2.35. The van der Waals surface area contributed by atoms with Crippen LogP contribution in [-0.4, -0.2) is 16.6 Å². The van der Waals surface area contributed by atoms with Crippen molar-refractivity contribution in [2.45, 2.75) is 58.2 Å². The molecule has 0 radical (unpaired) electrons. The maximum Gasteiger partial charge on any atom is 0.160 e. The molecule has 1 N–H and O–H groups in total. The van der Waals surface area contributed by atoms with Crippen molar-refractivity contribution in [3.63, 3.8) is 0 Å². The van der Waals surface area contributed by atoms with E-state index in [2.05, 4.69) is 26.1 Å². The SMILES string of the molecule is CC(C)c1nc(C2(C)CCCO2)nc2c1CNC2. The fourth-order valence-corrected chi connectivity index (χ4v) is 2.86. The lowest BCUT2D eigenvalue weighted by Gasteiger charge is -2.23. The van der Waals surface area contributed by atoms with Gasteiger partial charge < -0.3 is 10.1 Å². The molecule has 1 unspecified atom stereocenters. The predicted octanol–water partition coefficient (Wildman–Crippen LogP) is 2.23. The number of rotatable bonds is 2. The molecule has 0 aromatic carbocycles. The van der Waals surface area contributed by atoms with Gasteiger partial charge >= 0.3 is 0 Å². The van der Waals surface area contributed by atoms with Crippen LogP contribution in [0.2, 0.25) is 0 Å². The highest BCUT2D eigenvalue weighted by molar-refractivity contribution is 5.32. The zero-order chi connectivity index (χ0) is 12.8. The van der Waals surface area contributed by atoms with Gasteiger partial charge in [-0.2, -0.15) is 0 Å². The van der Waals surface area contributed by atoms with Gasteiger partial charge in [-0.15, -0.1) is 0 Å². The second-order valence-electron chi connectivity index (χ2n) is 5.80. The molecule has 0 aliphatic carbocycles. The fourth-order valence-electron chi connectivity index (χ4n) is 2.86. The summed E-state index contributed by atoms with van der Waals surface area (Å²) in [4.78, 5) is 9.57. The van der Waals surface area contributed by atoms with Crippen LogP contribution in [0, 0.1) is 0 Å². The van der Waals surface area contributed by atoms with Crippen LogP contribution in [0.5, 0.6) is 0 Å². The molecule has 4 heteroatoms. The van der Waals surface area contributed by atoms with Gasteiger partial charge in [-0.25, -0.2) is 9.97 Å². The predicted molar refractivity (Wildman–Crippen MR) is 69.2 cm³/mol. The number of ether oxygens (including phenoxy) is 1. The quantitative estimate of drug-likeness (QED) is 0.870. The number of hydrogen-bond acceptors (Lipinski definition) is 4. The van der Waals surface area contributed by atoms with E-state index in [0.717, 1.165) is 38.4 Å². The van der Waals surface area contributed by atoms with Crippen molar-refractivity contribution in [1.82, 2.24) is 15.3 Å². The van der Waals surface area contributed by atoms with Crippen LogP contribution in [0.3, 0.4) is 0 Å². The lowest BCUT2D eigenvalue weighted by atomic mass is 9.99. The lowest BCUT2D eigenvalue weighted by molar-refractivity contribution is 0.00894. The summed E-state index contributed by atoms with van der Waals surface area (Å²) in [5, 5.41) is 3.37. The first-order valence-corrected chi connectivity index (χ1v) is 6.85. The molecule has 0 bridgehead atoms. The lowest BCUT2D eigenvalue weighted by Crippen LogP contribution is -2.25. The molecular formula is C14H21N3O. The third kappa shape index (κ3) is 1.84. The third-order valence-corrected chi connectivity index (χ3v) is 3.96. The van der Waals surface area contributed by atoms with E-state index >= 15 is 0 Å². The standard InChI is InChI=1S/C14H21N3O/c1-9(2)12-10-7-15-8-11(10)16-13(17-12)14(3)5-4-6-18-14/h9,15H,4-8H2,1-3H3. The number of aromatic nitrogens is 2. The minimum atomic E-state index is -0.277. The summed E-state index contributed by atoms with van der Waals surface area (Å²) in [6.07, 6.45) is 2.13. The highest BCUT2D eigenvalue weighted by Gasteiger charge is 2.36. The van der Waals surface area contributed by atoms with Gasteiger partial charge in [-0.3, -0.25) is 0 Å². The molecule has 98 valence electrons. The molecule has 1 aromatic rings. The molecule has 18 heavy (non-hydrogen) atoms. The first kappa shape index (κ1) is 12.1. The van der Waals surface area contributed by atoms with Crippen molar-refractivity contribution >= 4 is 0 Å². The van der Waals surface area contributed by atoms with Crippen molar-refractivity contribution in [3.05, 3.63) is 22.8 Å². The molecule has 0 saturated carbocycles. The Hall–Kier alpha value is -1.00. The van der Waals surface area contributed by atoms with Gasteiger partial charge in [0.2, 0.25) is 0 Å². The topological polar surface area (TPSA) is 47.0 Å². The van der Waals surface area contributed by atoms with E-state index < -0.39 is 0 Å². The van der Waals surface area contributed by atoms with E-state index in [4.69, 9.17) is 14.7 Å². The molecule has 2 aliphatic rings. The Morgan fingerprint density at radius 2 is 2.11 bits per heavy atom. The average Bonchev–Trinajstić information content (AvgIpc) is 2.96. The molecule has 3 heterocycles. The summed E-state index contributed by atoms with van der Waals surface area (Å²) in [5.74, 6) is 1.32. The monoisotopic (exact) mass is 247 g/mol. The normalized spacial score (nSPS) is 26.9. The first-order chi connectivity index (χ1) is 8.60. The van der Waals surface area contributed by atoms with Crippen LogP contribution in [-0.2, 0) is 23.4 Å². The number of hydrogen-bond donors (Lipinski definition) is 1. The van der Waals surface area contributed by atoms with Crippen LogP contribution in [0.4, 0.5) is 0 Å². The van der Waals surface area contributed by atoms with E-state index in [1.807, 2.05) is 0 Å². The molecule has 0 amide bonds. The van der Waals surface area contributed by atoms with Gasteiger partial charge in [0.25, 0.3) is 0 Å². The molecule has 1 saturated heterocycles. The molecule has 1 atom stereocenters. The highest BCUT2D eigenvalue weighted by atomic mass is 16.5. The van der Waals surface area contributed by atoms with Gasteiger partial charge in [0, 0.05) is 25.3 Å². The molecule has 2 aliphatic heterocycles. The van der Waals surface area contributed by atoms with Crippen LogP contribution >= 0.6 is 0 Å². The average molecular weight is 247 g/mol. The van der Waals surface area contributed by atoms with Crippen LogP contribution in [0.1, 0.15) is 62.3 Å². The maximum absolute atomic E-state index is 5.88. The summed E-state index contributed by atoms with van der Waals surface area (Å²) in [5.41, 5.74) is 3.38. The largest absolute Gasteiger partial charge is 0.367 e. The van der Waals surface area contributed by atoms with Crippen molar-refractivity contribution in [2.24, 2.45) is 0 Å². The zero-order valence-electron chi connectivity index (χ0n) is 11.4. The minimum absolute atomic E-state index is 0.277. The molecule has 1 aromatic heterocycles. The first-order valence-electron chi connectivity index (χ1n) is 6.85.